The molecule has 166 valence electrons. The summed E-state index contributed by atoms with van der Waals surface area (Å²) in [5.41, 5.74) is 0.463. The quantitative estimate of drug-likeness (QED) is 0.668. The highest BCUT2D eigenvalue weighted by Crippen LogP contribution is 2.38. The lowest BCUT2D eigenvalue weighted by Crippen LogP contribution is -2.41. The average Bonchev–Trinajstić information content (AvgIpc) is 2.97. The Labute approximate surface area is 188 Å². The molecule has 6 nitrogen and oxygen atoms in total. The zero-order chi connectivity index (χ0) is 23.4. The first kappa shape index (κ1) is 23.5. The van der Waals surface area contributed by atoms with E-state index in [9.17, 15) is 14.4 Å². The van der Waals surface area contributed by atoms with Crippen LogP contribution in [-0.2, 0) is 20.7 Å². The second-order valence-electron chi connectivity index (χ2n) is 8.54. The number of hydrogen-bond acceptors (Lipinski definition) is 5. The highest BCUT2D eigenvalue weighted by molar-refractivity contribution is 6.56. The van der Waals surface area contributed by atoms with Gasteiger partial charge >= 0.3 is 13.2 Å². The Hall–Kier alpha value is -3.15. The minimum atomic E-state index is -0.788. The van der Waals surface area contributed by atoms with E-state index in [0.717, 1.165) is 5.56 Å². The summed E-state index contributed by atoms with van der Waals surface area (Å²) in [6.07, 6.45) is 0.998. The third kappa shape index (κ3) is 5.36. The normalized spacial score (nSPS) is 17.0. The van der Waals surface area contributed by atoms with Crippen molar-refractivity contribution in [3.8, 4) is 6.07 Å². The molecule has 1 aliphatic heterocycles. The van der Waals surface area contributed by atoms with Crippen LogP contribution in [0, 0.1) is 17.1 Å². The summed E-state index contributed by atoms with van der Waals surface area (Å²) in [6, 6.07) is 15.6. The summed E-state index contributed by atoms with van der Waals surface area (Å²) in [5.74, 6) is -0.621. The molecule has 0 radical (unpaired) electrons. The van der Waals surface area contributed by atoms with Crippen LogP contribution < -0.4 is 5.32 Å². The average molecular weight is 436 g/mol. The standard InChI is InChI=1S/C24H26BFN2O4/c1-23(2)24(3,4)32-25(31-23)19(13-18-11-8-12-21(26)20(18)14-27)15-28-22(29)30-16-17-9-6-5-7-10-17/h5-13H,15-16H2,1-4H3,(H,28,29). The zero-order valence-corrected chi connectivity index (χ0v) is 18.6. The van der Waals surface area contributed by atoms with E-state index in [2.05, 4.69) is 5.32 Å². The van der Waals surface area contributed by atoms with Crippen molar-refractivity contribution >= 4 is 19.3 Å². The molecule has 1 N–H and O–H groups in total. The van der Waals surface area contributed by atoms with Crippen LogP contribution in [0.2, 0.25) is 0 Å². The van der Waals surface area contributed by atoms with Crippen LogP contribution >= 0.6 is 0 Å². The SMILES string of the molecule is CC1(C)OB(C(=Cc2cccc(F)c2C#N)CNC(=O)OCc2ccccc2)OC1(C)C. The van der Waals surface area contributed by atoms with Gasteiger partial charge in [-0.1, -0.05) is 48.5 Å². The predicted octanol–water partition coefficient (Wildman–Crippen LogP) is 4.64. The maximum absolute atomic E-state index is 14.1. The Morgan fingerprint density at radius 1 is 1.12 bits per heavy atom. The van der Waals surface area contributed by atoms with Crippen molar-refractivity contribution in [3.63, 3.8) is 0 Å². The summed E-state index contributed by atoms with van der Waals surface area (Å²) in [4.78, 5) is 12.3. The molecule has 0 unspecified atom stereocenters. The van der Waals surface area contributed by atoms with E-state index in [-0.39, 0.29) is 18.7 Å². The summed E-state index contributed by atoms with van der Waals surface area (Å²) in [7, 11) is -0.788. The number of carbonyl (C=O) groups excluding carboxylic acids is 1. The molecule has 32 heavy (non-hydrogen) atoms. The monoisotopic (exact) mass is 436 g/mol. The van der Waals surface area contributed by atoms with Gasteiger partial charge in [0.2, 0.25) is 0 Å². The number of benzene rings is 2. The van der Waals surface area contributed by atoms with Crippen LogP contribution in [-0.4, -0.2) is 31.0 Å². The molecular weight excluding hydrogens is 410 g/mol. The largest absolute Gasteiger partial charge is 0.492 e. The molecule has 0 spiro atoms. The molecule has 8 heteroatoms. The molecule has 2 aromatic rings. The van der Waals surface area contributed by atoms with E-state index in [1.807, 2.05) is 64.1 Å². The van der Waals surface area contributed by atoms with Gasteiger partial charge in [0.05, 0.1) is 16.8 Å². The molecule has 0 saturated carbocycles. The molecule has 1 aliphatic rings. The van der Waals surface area contributed by atoms with Crippen LogP contribution in [0.5, 0.6) is 0 Å². The van der Waals surface area contributed by atoms with Crippen molar-refractivity contribution in [2.24, 2.45) is 0 Å². The topological polar surface area (TPSA) is 80.6 Å². The number of rotatable bonds is 6. The number of carbonyl (C=O) groups is 1. The van der Waals surface area contributed by atoms with Crippen LogP contribution in [0.4, 0.5) is 9.18 Å². The lowest BCUT2D eigenvalue weighted by Gasteiger charge is -2.32. The molecule has 1 heterocycles. The molecule has 3 rings (SSSR count). The molecule has 0 atom stereocenters. The highest BCUT2D eigenvalue weighted by Gasteiger charge is 2.52. The molecule has 0 aliphatic carbocycles. The first-order chi connectivity index (χ1) is 15.1. The number of halogens is 1. The Morgan fingerprint density at radius 2 is 1.78 bits per heavy atom. The van der Waals surface area contributed by atoms with Gasteiger partial charge in [0.1, 0.15) is 18.5 Å². The summed E-state index contributed by atoms with van der Waals surface area (Å²) < 4.78 is 31.6. The van der Waals surface area contributed by atoms with Crippen molar-refractivity contribution in [1.82, 2.24) is 5.32 Å². The van der Waals surface area contributed by atoms with E-state index in [0.29, 0.717) is 11.0 Å². The Bertz CT molecular complexity index is 1030. The van der Waals surface area contributed by atoms with Gasteiger partial charge in [-0.25, -0.2) is 9.18 Å². The number of alkyl carbamates (subject to hydrolysis) is 1. The molecule has 2 aromatic carbocycles. The van der Waals surface area contributed by atoms with Gasteiger partial charge in [-0.15, -0.1) is 0 Å². The maximum Gasteiger partial charge on any atom is 0.492 e. The number of nitriles is 1. The third-order valence-corrected chi connectivity index (χ3v) is 5.70. The van der Waals surface area contributed by atoms with Crippen molar-refractivity contribution in [3.05, 3.63) is 76.5 Å². The van der Waals surface area contributed by atoms with Crippen molar-refractivity contribution in [2.75, 3.05) is 6.54 Å². The first-order valence-electron chi connectivity index (χ1n) is 10.3. The highest BCUT2D eigenvalue weighted by atomic mass is 19.1. The number of amides is 1. The van der Waals surface area contributed by atoms with Gasteiger partial charge in [0.25, 0.3) is 0 Å². The van der Waals surface area contributed by atoms with E-state index in [1.165, 1.54) is 12.1 Å². The van der Waals surface area contributed by atoms with Gasteiger partial charge in [0, 0.05) is 6.54 Å². The fourth-order valence-electron chi connectivity index (χ4n) is 3.12. The summed E-state index contributed by atoms with van der Waals surface area (Å²) in [6.45, 7) is 7.81. The van der Waals surface area contributed by atoms with Crippen LogP contribution in [0.15, 0.2) is 54.0 Å². The second kappa shape index (κ2) is 9.55. The fourth-order valence-corrected chi connectivity index (χ4v) is 3.12. The molecule has 0 aromatic heterocycles. The van der Waals surface area contributed by atoms with E-state index < -0.39 is 30.2 Å². The number of hydrogen-bond donors (Lipinski definition) is 1. The van der Waals surface area contributed by atoms with Gasteiger partial charge < -0.3 is 19.4 Å². The lowest BCUT2D eigenvalue weighted by atomic mass is 9.76. The Kier molecular flexibility index (Phi) is 7.02. The van der Waals surface area contributed by atoms with Crippen LogP contribution in [0.25, 0.3) is 6.08 Å². The molecule has 0 bridgehead atoms. The van der Waals surface area contributed by atoms with Gasteiger partial charge in [0.15, 0.2) is 0 Å². The first-order valence-corrected chi connectivity index (χ1v) is 10.3. The number of ether oxygens (including phenoxy) is 1. The van der Waals surface area contributed by atoms with E-state index in [1.54, 1.807) is 12.1 Å². The lowest BCUT2D eigenvalue weighted by molar-refractivity contribution is 0.00578. The van der Waals surface area contributed by atoms with Crippen LogP contribution in [0.3, 0.4) is 0 Å². The van der Waals surface area contributed by atoms with Gasteiger partial charge in [-0.2, -0.15) is 5.26 Å². The summed E-state index contributed by atoms with van der Waals surface area (Å²) in [5, 5.41) is 12.1. The molecular formula is C24H26BFN2O4. The van der Waals surface area contributed by atoms with Gasteiger partial charge in [-0.3, -0.25) is 0 Å². The second-order valence-corrected chi connectivity index (χ2v) is 8.54. The minimum absolute atomic E-state index is 0.0336. The maximum atomic E-state index is 14.1. The summed E-state index contributed by atoms with van der Waals surface area (Å²) >= 11 is 0. The number of nitrogens with one attached hydrogen (secondary N) is 1. The molecule has 1 amide bonds. The predicted molar refractivity (Wildman–Crippen MR) is 120 cm³/mol. The minimum Gasteiger partial charge on any atom is -0.445 e. The fraction of sp³-hybridized carbons (Fsp3) is 0.333. The third-order valence-electron chi connectivity index (χ3n) is 5.70. The van der Waals surface area contributed by atoms with Crippen molar-refractivity contribution in [1.29, 1.82) is 5.26 Å². The molecule has 1 saturated heterocycles. The number of nitrogens with zero attached hydrogens (tertiary/aromatic N) is 1. The van der Waals surface area contributed by atoms with Crippen LogP contribution in [0.1, 0.15) is 44.4 Å². The van der Waals surface area contributed by atoms with Crippen molar-refractivity contribution in [2.45, 2.75) is 45.5 Å². The Morgan fingerprint density at radius 3 is 2.41 bits per heavy atom. The Balaban J connectivity index is 1.80. The molecule has 1 fully saturated rings. The smallest absolute Gasteiger partial charge is 0.445 e. The van der Waals surface area contributed by atoms with Gasteiger partial charge in [-0.05, 0) is 50.4 Å². The zero-order valence-electron chi connectivity index (χ0n) is 18.6. The van der Waals surface area contributed by atoms with Crippen molar-refractivity contribution < 1.29 is 23.2 Å². The van der Waals surface area contributed by atoms with E-state index >= 15 is 0 Å². The van der Waals surface area contributed by atoms with E-state index in [4.69, 9.17) is 14.0 Å².